The monoisotopic (exact) mass is 398 g/mol. The number of ether oxygens (including phenoxy) is 1. The zero-order chi connectivity index (χ0) is 20.2. The van der Waals surface area contributed by atoms with Crippen molar-refractivity contribution in [2.45, 2.75) is 26.4 Å². The Bertz CT molecular complexity index is 848. The molecule has 0 radical (unpaired) electrons. The van der Waals surface area contributed by atoms with Crippen molar-refractivity contribution < 1.29 is 13.7 Å². The van der Waals surface area contributed by atoms with Gasteiger partial charge in [0.15, 0.2) is 11.8 Å². The van der Waals surface area contributed by atoms with Crippen molar-refractivity contribution in [1.82, 2.24) is 25.8 Å². The second-order valence-electron chi connectivity index (χ2n) is 6.15. The molecule has 0 saturated carbocycles. The molecule has 3 aromatic rings. The summed E-state index contributed by atoms with van der Waals surface area (Å²) in [5.74, 6) is 2.64. The summed E-state index contributed by atoms with van der Waals surface area (Å²) in [5.41, 5.74) is 0.670. The molecule has 0 aromatic carbocycles. The van der Waals surface area contributed by atoms with Crippen molar-refractivity contribution in [2.75, 3.05) is 26.2 Å². The molecular formula is C20H26N6O3. The zero-order valence-electron chi connectivity index (χ0n) is 16.5. The third-order valence-corrected chi connectivity index (χ3v) is 3.88. The van der Waals surface area contributed by atoms with Crippen LogP contribution in [0.1, 0.15) is 24.9 Å². The van der Waals surface area contributed by atoms with E-state index in [2.05, 4.69) is 30.8 Å². The fourth-order valence-electron chi connectivity index (χ4n) is 2.51. The van der Waals surface area contributed by atoms with Gasteiger partial charge in [0.1, 0.15) is 18.1 Å². The van der Waals surface area contributed by atoms with E-state index in [1.54, 1.807) is 12.5 Å². The first-order valence-electron chi connectivity index (χ1n) is 9.71. The maximum Gasteiger partial charge on any atom is 0.276 e. The second-order valence-corrected chi connectivity index (χ2v) is 6.15. The van der Waals surface area contributed by atoms with E-state index in [4.69, 9.17) is 13.7 Å². The number of nitrogens with one attached hydrogen (secondary N) is 2. The maximum atomic E-state index is 5.56. The largest absolute Gasteiger partial charge is 0.467 e. The molecular weight excluding hydrogens is 372 g/mol. The molecule has 0 bridgehead atoms. The molecule has 29 heavy (non-hydrogen) atoms. The molecule has 0 aliphatic heterocycles. The summed E-state index contributed by atoms with van der Waals surface area (Å²) in [7, 11) is 0. The quantitative estimate of drug-likeness (QED) is 0.288. The molecule has 9 heteroatoms. The van der Waals surface area contributed by atoms with Crippen LogP contribution in [-0.2, 0) is 17.8 Å². The van der Waals surface area contributed by atoms with Crippen molar-refractivity contribution in [2.24, 2.45) is 4.99 Å². The molecule has 0 amide bonds. The number of aliphatic imine (C=N–C) groups is 1. The van der Waals surface area contributed by atoms with Gasteiger partial charge in [-0.2, -0.15) is 4.98 Å². The minimum absolute atomic E-state index is 0.427. The van der Waals surface area contributed by atoms with Crippen LogP contribution >= 0.6 is 0 Å². The molecule has 154 valence electrons. The molecule has 3 heterocycles. The van der Waals surface area contributed by atoms with Crippen LogP contribution in [0.15, 0.2) is 56.7 Å². The van der Waals surface area contributed by atoms with Gasteiger partial charge in [-0.05, 0) is 37.6 Å². The molecule has 2 N–H and O–H groups in total. The third kappa shape index (κ3) is 7.04. The first-order valence-corrected chi connectivity index (χ1v) is 9.71. The van der Waals surface area contributed by atoms with Gasteiger partial charge in [0.2, 0.25) is 0 Å². The summed E-state index contributed by atoms with van der Waals surface area (Å²) in [6.07, 6.45) is 4.79. The lowest BCUT2D eigenvalue weighted by Gasteiger charge is -2.10. The molecule has 3 aromatic heterocycles. The first kappa shape index (κ1) is 20.5. The van der Waals surface area contributed by atoms with E-state index in [-0.39, 0.29) is 0 Å². The standard InChI is InChI=1S/C20H26N6O3/c1-2-21-20(23-11-6-13-27-15-16-7-5-14-28-16)24-12-9-18-25-19(29-26-18)17-8-3-4-10-22-17/h3-5,7-8,10,14H,2,6,9,11-13,15H2,1H3,(H2,21,23,24). The van der Waals surface area contributed by atoms with Crippen molar-refractivity contribution in [1.29, 1.82) is 0 Å². The van der Waals surface area contributed by atoms with E-state index < -0.39 is 0 Å². The third-order valence-electron chi connectivity index (χ3n) is 3.88. The average Bonchev–Trinajstić information content (AvgIpc) is 3.43. The van der Waals surface area contributed by atoms with Crippen LogP contribution in [-0.4, -0.2) is 47.3 Å². The van der Waals surface area contributed by atoms with Crippen LogP contribution in [0.3, 0.4) is 0 Å². The predicted molar refractivity (Wildman–Crippen MR) is 108 cm³/mol. The zero-order valence-corrected chi connectivity index (χ0v) is 16.5. The number of hydrogen-bond donors (Lipinski definition) is 2. The van der Waals surface area contributed by atoms with Crippen LogP contribution in [0.4, 0.5) is 0 Å². The normalized spacial score (nSPS) is 11.6. The Morgan fingerprint density at radius 2 is 2.17 bits per heavy atom. The van der Waals surface area contributed by atoms with Crippen LogP contribution in [0.2, 0.25) is 0 Å². The van der Waals surface area contributed by atoms with Crippen molar-refractivity contribution >= 4 is 5.96 Å². The summed E-state index contributed by atoms with van der Waals surface area (Å²) in [6, 6.07) is 9.32. The fraction of sp³-hybridized carbons (Fsp3) is 0.400. The molecule has 0 atom stereocenters. The van der Waals surface area contributed by atoms with Gasteiger partial charge in [0.05, 0.1) is 6.26 Å². The van der Waals surface area contributed by atoms with E-state index in [1.807, 2.05) is 37.3 Å². The summed E-state index contributed by atoms with van der Waals surface area (Å²) < 4.78 is 16.1. The number of nitrogens with zero attached hydrogens (tertiary/aromatic N) is 4. The summed E-state index contributed by atoms with van der Waals surface area (Å²) >= 11 is 0. The molecule has 0 unspecified atom stereocenters. The number of rotatable bonds is 11. The highest BCUT2D eigenvalue weighted by atomic mass is 16.5. The highest BCUT2D eigenvalue weighted by molar-refractivity contribution is 5.79. The smallest absolute Gasteiger partial charge is 0.276 e. The molecule has 3 rings (SSSR count). The van der Waals surface area contributed by atoms with Crippen LogP contribution in [0, 0.1) is 0 Å². The lowest BCUT2D eigenvalue weighted by molar-refractivity contribution is 0.105. The predicted octanol–water partition coefficient (Wildman–Crippen LogP) is 2.43. The van der Waals surface area contributed by atoms with E-state index in [1.165, 1.54) is 0 Å². The molecule has 0 fully saturated rings. The summed E-state index contributed by atoms with van der Waals surface area (Å²) in [4.78, 5) is 13.1. The Kier molecular flexibility index (Phi) is 8.21. The Balaban J connectivity index is 1.36. The molecule has 0 spiro atoms. The number of aromatic nitrogens is 3. The molecule has 0 aliphatic carbocycles. The average molecular weight is 398 g/mol. The first-order chi connectivity index (χ1) is 14.3. The summed E-state index contributed by atoms with van der Waals surface area (Å²) in [6.45, 7) is 5.24. The van der Waals surface area contributed by atoms with Gasteiger partial charge in [-0.15, -0.1) is 0 Å². The van der Waals surface area contributed by atoms with Crippen LogP contribution in [0.5, 0.6) is 0 Å². The van der Waals surface area contributed by atoms with Gasteiger partial charge < -0.3 is 24.3 Å². The van der Waals surface area contributed by atoms with Crippen LogP contribution in [0.25, 0.3) is 11.6 Å². The topological polar surface area (TPSA) is 111 Å². The van der Waals surface area contributed by atoms with Gasteiger partial charge in [0, 0.05) is 38.9 Å². The number of pyridine rings is 1. The Morgan fingerprint density at radius 1 is 1.21 bits per heavy atom. The Labute approximate surface area is 169 Å². The highest BCUT2D eigenvalue weighted by Crippen LogP contribution is 2.13. The van der Waals surface area contributed by atoms with E-state index in [0.717, 1.165) is 24.7 Å². The lowest BCUT2D eigenvalue weighted by atomic mass is 10.3. The maximum absolute atomic E-state index is 5.56. The summed E-state index contributed by atoms with van der Waals surface area (Å²) in [5, 5.41) is 10.5. The fourth-order valence-corrected chi connectivity index (χ4v) is 2.51. The van der Waals surface area contributed by atoms with Crippen molar-refractivity contribution in [3.63, 3.8) is 0 Å². The molecule has 9 nitrogen and oxygen atoms in total. The number of guanidine groups is 1. The number of furan rings is 1. The van der Waals surface area contributed by atoms with Gasteiger partial charge in [-0.25, -0.2) is 0 Å². The van der Waals surface area contributed by atoms with Gasteiger partial charge in [0.25, 0.3) is 5.89 Å². The van der Waals surface area contributed by atoms with Gasteiger partial charge in [-0.1, -0.05) is 11.2 Å². The van der Waals surface area contributed by atoms with Crippen molar-refractivity contribution in [3.8, 4) is 11.6 Å². The van der Waals surface area contributed by atoms with Crippen molar-refractivity contribution in [3.05, 3.63) is 54.4 Å². The van der Waals surface area contributed by atoms with E-state index in [9.17, 15) is 0 Å². The van der Waals surface area contributed by atoms with Gasteiger partial charge >= 0.3 is 0 Å². The Hall–Kier alpha value is -3.20. The minimum atomic E-state index is 0.427. The SMILES string of the molecule is CCNC(=NCCCOCc1ccco1)NCCc1noc(-c2ccccn2)n1. The Morgan fingerprint density at radius 3 is 2.97 bits per heavy atom. The van der Waals surface area contributed by atoms with Crippen LogP contribution < -0.4 is 10.6 Å². The van der Waals surface area contributed by atoms with Gasteiger partial charge in [-0.3, -0.25) is 9.98 Å². The highest BCUT2D eigenvalue weighted by Gasteiger charge is 2.09. The molecule has 0 aliphatic rings. The number of hydrogen-bond acceptors (Lipinski definition) is 7. The molecule has 0 saturated heterocycles. The van der Waals surface area contributed by atoms with E-state index in [0.29, 0.717) is 50.1 Å². The second kappa shape index (κ2) is 11.6. The lowest BCUT2D eigenvalue weighted by Crippen LogP contribution is -2.38. The minimum Gasteiger partial charge on any atom is -0.467 e. The van der Waals surface area contributed by atoms with E-state index >= 15 is 0 Å².